The molecule has 0 unspecified atom stereocenters. The number of nitrogens with zero attached hydrogens (tertiary/aromatic N) is 3. The number of piperidine rings is 1. The molecule has 0 saturated carbocycles. The van der Waals surface area contributed by atoms with Gasteiger partial charge in [0.25, 0.3) is 5.91 Å². The van der Waals surface area contributed by atoms with Crippen LogP contribution in [0.4, 0.5) is 0 Å². The highest BCUT2D eigenvalue weighted by molar-refractivity contribution is 7.13. The van der Waals surface area contributed by atoms with Crippen molar-refractivity contribution in [3.8, 4) is 0 Å². The molecule has 21 heavy (non-hydrogen) atoms. The predicted octanol–water partition coefficient (Wildman–Crippen LogP) is 1.93. The number of likely N-dealkylation sites (tertiary alicyclic amines) is 2. The van der Waals surface area contributed by atoms with Crippen LogP contribution >= 0.6 is 11.3 Å². The van der Waals surface area contributed by atoms with E-state index < -0.39 is 0 Å². The number of thiazole rings is 1. The molecule has 0 N–H and O–H groups in total. The van der Waals surface area contributed by atoms with Crippen molar-refractivity contribution in [2.75, 3.05) is 26.2 Å². The molecule has 0 atom stereocenters. The monoisotopic (exact) mass is 307 g/mol. The van der Waals surface area contributed by atoms with E-state index in [1.165, 1.54) is 11.3 Å². The summed E-state index contributed by atoms with van der Waals surface area (Å²) in [5.41, 5.74) is 0. The lowest BCUT2D eigenvalue weighted by Crippen LogP contribution is -2.41. The summed E-state index contributed by atoms with van der Waals surface area (Å²) < 4.78 is 0. The fraction of sp³-hybridized carbons (Fsp3) is 0.667. The molecule has 3 rings (SSSR count). The first kappa shape index (κ1) is 14.5. The maximum atomic E-state index is 12.3. The molecule has 2 saturated heterocycles. The maximum Gasteiger partial charge on any atom is 0.265 e. The Morgan fingerprint density at radius 1 is 1.38 bits per heavy atom. The van der Waals surface area contributed by atoms with E-state index in [-0.39, 0.29) is 5.91 Å². The van der Waals surface area contributed by atoms with Crippen LogP contribution in [0.25, 0.3) is 0 Å². The Balaban J connectivity index is 1.50. The van der Waals surface area contributed by atoms with Crippen molar-refractivity contribution in [2.45, 2.75) is 32.6 Å². The van der Waals surface area contributed by atoms with Crippen molar-refractivity contribution in [1.82, 2.24) is 14.8 Å². The molecular formula is C15H21N3O2S. The molecule has 0 bridgehead atoms. The summed E-state index contributed by atoms with van der Waals surface area (Å²) in [5.74, 6) is 0.948. The normalized spacial score (nSPS) is 20.3. The van der Waals surface area contributed by atoms with Crippen LogP contribution in [0.3, 0.4) is 0 Å². The van der Waals surface area contributed by atoms with Crippen LogP contribution in [0.15, 0.2) is 6.20 Å². The molecule has 2 fully saturated rings. The Labute approximate surface area is 129 Å². The van der Waals surface area contributed by atoms with Gasteiger partial charge < -0.3 is 9.80 Å². The smallest absolute Gasteiger partial charge is 0.265 e. The third-order valence-corrected chi connectivity index (χ3v) is 5.28. The molecule has 6 heteroatoms. The van der Waals surface area contributed by atoms with Crippen molar-refractivity contribution < 1.29 is 9.59 Å². The van der Waals surface area contributed by atoms with Gasteiger partial charge >= 0.3 is 0 Å². The molecule has 1 aromatic rings. The van der Waals surface area contributed by atoms with Gasteiger partial charge in [-0.05, 0) is 32.1 Å². The van der Waals surface area contributed by atoms with E-state index in [1.54, 1.807) is 6.20 Å². The standard InChI is InChI=1S/C15H21N3O2S/c1-11-16-9-13(21-11)15(20)17-7-4-12(5-8-17)10-18-6-2-3-14(18)19/h9,12H,2-8,10H2,1H3. The molecule has 2 aliphatic heterocycles. The van der Waals surface area contributed by atoms with Gasteiger partial charge in [0.2, 0.25) is 5.91 Å². The minimum absolute atomic E-state index is 0.108. The Kier molecular flexibility index (Phi) is 4.24. The van der Waals surface area contributed by atoms with E-state index in [9.17, 15) is 9.59 Å². The first-order chi connectivity index (χ1) is 10.1. The summed E-state index contributed by atoms with van der Waals surface area (Å²) >= 11 is 1.46. The number of hydrogen-bond acceptors (Lipinski definition) is 4. The van der Waals surface area contributed by atoms with E-state index in [2.05, 4.69) is 4.98 Å². The molecule has 2 aliphatic rings. The van der Waals surface area contributed by atoms with E-state index in [4.69, 9.17) is 0 Å². The maximum absolute atomic E-state index is 12.3. The van der Waals surface area contributed by atoms with Crippen molar-refractivity contribution in [3.63, 3.8) is 0 Å². The highest BCUT2D eigenvalue weighted by atomic mass is 32.1. The lowest BCUT2D eigenvalue weighted by atomic mass is 9.96. The van der Waals surface area contributed by atoms with Crippen LogP contribution in [0, 0.1) is 12.8 Å². The zero-order chi connectivity index (χ0) is 14.8. The summed E-state index contributed by atoms with van der Waals surface area (Å²) in [6.45, 7) is 5.30. The van der Waals surface area contributed by atoms with Gasteiger partial charge in [0.05, 0.1) is 11.2 Å². The summed E-state index contributed by atoms with van der Waals surface area (Å²) in [7, 11) is 0. The number of carbonyl (C=O) groups excluding carboxylic acids is 2. The number of rotatable bonds is 3. The average Bonchev–Trinajstić information content (AvgIpc) is 3.08. The van der Waals surface area contributed by atoms with Crippen LogP contribution in [0.5, 0.6) is 0 Å². The molecule has 0 aromatic carbocycles. The third-order valence-electron chi connectivity index (χ3n) is 4.38. The van der Waals surface area contributed by atoms with Crippen LogP contribution in [-0.4, -0.2) is 52.8 Å². The fourth-order valence-electron chi connectivity index (χ4n) is 3.14. The predicted molar refractivity (Wildman–Crippen MR) is 81.3 cm³/mol. The summed E-state index contributed by atoms with van der Waals surface area (Å²) in [4.78, 5) is 32.8. The number of hydrogen-bond donors (Lipinski definition) is 0. The summed E-state index contributed by atoms with van der Waals surface area (Å²) in [6, 6.07) is 0. The molecular weight excluding hydrogens is 286 g/mol. The van der Waals surface area contributed by atoms with Gasteiger partial charge in [-0.3, -0.25) is 9.59 Å². The highest BCUT2D eigenvalue weighted by Gasteiger charge is 2.28. The molecule has 2 amide bonds. The second-order valence-corrected chi connectivity index (χ2v) is 7.16. The van der Waals surface area contributed by atoms with Crippen LogP contribution in [0.1, 0.15) is 40.4 Å². The second kappa shape index (κ2) is 6.13. The van der Waals surface area contributed by atoms with E-state index >= 15 is 0 Å². The molecule has 0 radical (unpaired) electrons. The van der Waals surface area contributed by atoms with Crippen LogP contribution < -0.4 is 0 Å². The van der Waals surface area contributed by atoms with E-state index in [0.29, 0.717) is 18.2 Å². The first-order valence-electron chi connectivity index (χ1n) is 7.63. The number of aryl methyl sites for hydroxylation is 1. The largest absolute Gasteiger partial charge is 0.342 e. The minimum Gasteiger partial charge on any atom is -0.342 e. The Bertz CT molecular complexity index is 535. The Morgan fingerprint density at radius 2 is 2.14 bits per heavy atom. The van der Waals surface area contributed by atoms with Gasteiger partial charge in [-0.1, -0.05) is 0 Å². The average molecular weight is 307 g/mol. The number of aromatic nitrogens is 1. The Morgan fingerprint density at radius 3 is 2.71 bits per heavy atom. The van der Waals surface area contributed by atoms with Crippen molar-refractivity contribution in [1.29, 1.82) is 0 Å². The minimum atomic E-state index is 0.108. The SMILES string of the molecule is Cc1ncc(C(=O)N2CCC(CN3CCCC3=O)CC2)s1. The highest BCUT2D eigenvalue weighted by Crippen LogP contribution is 2.23. The van der Waals surface area contributed by atoms with Crippen molar-refractivity contribution in [3.05, 3.63) is 16.1 Å². The molecule has 1 aromatic heterocycles. The number of carbonyl (C=O) groups is 2. The van der Waals surface area contributed by atoms with Gasteiger partial charge in [0.15, 0.2) is 0 Å². The zero-order valence-electron chi connectivity index (χ0n) is 12.4. The lowest BCUT2D eigenvalue weighted by molar-refractivity contribution is -0.128. The summed E-state index contributed by atoms with van der Waals surface area (Å²) in [5, 5.41) is 0.931. The van der Waals surface area contributed by atoms with Gasteiger partial charge in [-0.15, -0.1) is 11.3 Å². The molecule has 114 valence electrons. The fourth-order valence-corrected chi connectivity index (χ4v) is 3.89. The quantitative estimate of drug-likeness (QED) is 0.857. The number of amides is 2. The van der Waals surface area contributed by atoms with Gasteiger partial charge in [0.1, 0.15) is 4.88 Å². The van der Waals surface area contributed by atoms with E-state index in [1.807, 2.05) is 16.7 Å². The Hall–Kier alpha value is -1.43. The molecule has 0 spiro atoms. The van der Waals surface area contributed by atoms with Gasteiger partial charge in [-0.25, -0.2) is 4.98 Å². The lowest BCUT2D eigenvalue weighted by Gasteiger charge is -2.33. The van der Waals surface area contributed by atoms with Gasteiger partial charge in [0, 0.05) is 32.6 Å². The zero-order valence-corrected chi connectivity index (χ0v) is 13.2. The molecule has 0 aliphatic carbocycles. The topological polar surface area (TPSA) is 53.5 Å². The second-order valence-electron chi connectivity index (χ2n) is 5.92. The van der Waals surface area contributed by atoms with Crippen LogP contribution in [0.2, 0.25) is 0 Å². The van der Waals surface area contributed by atoms with Crippen molar-refractivity contribution >= 4 is 23.2 Å². The van der Waals surface area contributed by atoms with Gasteiger partial charge in [-0.2, -0.15) is 0 Å². The van der Waals surface area contributed by atoms with E-state index in [0.717, 1.165) is 55.3 Å². The first-order valence-corrected chi connectivity index (χ1v) is 8.44. The van der Waals surface area contributed by atoms with Crippen molar-refractivity contribution in [2.24, 2.45) is 5.92 Å². The molecule has 5 nitrogen and oxygen atoms in total. The molecule has 3 heterocycles. The van der Waals surface area contributed by atoms with Crippen LogP contribution in [-0.2, 0) is 4.79 Å². The third kappa shape index (κ3) is 3.26. The summed E-state index contributed by atoms with van der Waals surface area (Å²) in [6.07, 6.45) is 5.38.